The maximum absolute atomic E-state index is 13.2. The standard InChI is InChI=1S/C17H24N2O2S3/c1-5-14-8-6-7-9-19(14)24(20,21)16-10-15(22-13(16)4)17-18-11(2)12(3)23-17/h10,14H,5-9H2,1-4H3/t14-/m1/s1. The maximum Gasteiger partial charge on any atom is 0.244 e. The largest absolute Gasteiger partial charge is 0.244 e. The predicted octanol–water partition coefficient (Wildman–Crippen LogP) is 4.75. The highest BCUT2D eigenvalue weighted by Gasteiger charge is 2.34. The van der Waals surface area contributed by atoms with E-state index in [2.05, 4.69) is 11.9 Å². The van der Waals surface area contributed by atoms with E-state index in [-0.39, 0.29) is 6.04 Å². The van der Waals surface area contributed by atoms with Crippen LogP contribution >= 0.6 is 22.7 Å². The number of sulfonamides is 1. The van der Waals surface area contributed by atoms with Crippen molar-refractivity contribution in [3.05, 3.63) is 21.5 Å². The molecule has 1 aliphatic rings. The van der Waals surface area contributed by atoms with Crippen LogP contribution in [0.3, 0.4) is 0 Å². The molecule has 0 aliphatic carbocycles. The minimum Gasteiger partial charge on any atom is -0.240 e. The van der Waals surface area contributed by atoms with Crippen LogP contribution < -0.4 is 0 Å². The molecule has 3 heterocycles. The van der Waals surface area contributed by atoms with Gasteiger partial charge in [-0.3, -0.25) is 0 Å². The molecule has 24 heavy (non-hydrogen) atoms. The normalized spacial score (nSPS) is 19.8. The van der Waals surface area contributed by atoms with Gasteiger partial charge in [0.15, 0.2) is 0 Å². The molecule has 7 heteroatoms. The average molecular weight is 385 g/mol. The summed E-state index contributed by atoms with van der Waals surface area (Å²) >= 11 is 3.16. The number of rotatable bonds is 4. The molecule has 2 aromatic rings. The molecule has 0 aromatic carbocycles. The van der Waals surface area contributed by atoms with Gasteiger partial charge in [0.2, 0.25) is 10.0 Å². The Hall–Kier alpha value is -0.760. The van der Waals surface area contributed by atoms with Crippen LogP contribution in [0.2, 0.25) is 0 Å². The molecule has 0 unspecified atom stereocenters. The van der Waals surface area contributed by atoms with Crippen LogP contribution in [0.1, 0.15) is 48.1 Å². The molecule has 0 N–H and O–H groups in total. The summed E-state index contributed by atoms with van der Waals surface area (Å²) in [5.41, 5.74) is 1.02. The van der Waals surface area contributed by atoms with Gasteiger partial charge in [0, 0.05) is 22.3 Å². The Morgan fingerprint density at radius 3 is 2.58 bits per heavy atom. The van der Waals surface area contributed by atoms with Gasteiger partial charge in [0.1, 0.15) is 5.01 Å². The van der Waals surface area contributed by atoms with E-state index in [1.54, 1.807) is 15.6 Å². The predicted molar refractivity (Wildman–Crippen MR) is 101 cm³/mol. The second kappa shape index (κ2) is 6.86. The van der Waals surface area contributed by atoms with Crippen molar-refractivity contribution in [2.45, 2.75) is 64.3 Å². The SMILES string of the molecule is CC[C@@H]1CCCCN1S(=O)(=O)c1cc(-c2nc(C)c(C)s2)sc1C. The molecular formula is C17H24N2O2S3. The Kier molecular flexibility index (Phi) is 5.16. The fourth-order valence-electron chi connectivity index (χ4n) is 3.23. The average Bonchev–Trinajstić information content (AvgIpc) is 3.11. The van der Waals surface area contributed by atoms with Crippen molar-refractivity contribution in [2.24, 2.45) is 0 Å². The van der Waals surface area contributed by atoms with E-state index < -0.39 is 10.0 Å². The van der Waals surface area contributed by atoms with Crippen molar-refractivity contribution in [3.8, 4) is 9.88 Å². The zero-order valence-corrected chi connectivity index (χ0v) is 17.1. The zero-order chi connectivity index (χ0) is 17.5. The van der Waals surface area contributed by atoms with Gasteiger partial charge >= 0.3 is 0 Å². The van der Waals surface area contributed by atoms with Crippen LogP contribution in [0.5, 0.6) is 0 Å². The number of thiazole rings is 1. The summed E-state index contributed by atoms with van der Waals surface area (Å²) in [6.07, 6.45) is 3.92. The van der Waals surface area contributed by atoms with Crippen molar-refractivity contribution < 1.29 is 8.42 Å². The summed E-state index contributed by atoms with van der Waals surface area (Å²) in [4.78, 5) is 8.04. The molecule has 0 spiro atoms. The van der Waals surface area contributed by atoms with Crippen LogP contribution in [0.4, 0.5) is 0 Å². The second-order valence-corrected chi connectivity index (χ2v) is 10.7. The first-order valence-corrected chi connectivity index (χ1v) is 11.5. The molecule has 0 radical (unpaired) electrons. The Morgan fingerprint density at radius 2 is 1.96 bits per heavy atom. The number of piperidine rings is 1. The molecule has 0 saturated carbocycles. The summed E-state index contributed by atoms with van der Waals surface area (Å²) < 4.78 is 28.1. The van der Waals surface area contributed by atoms with Gasteiger partial charge in [-0.05, 0) is 46.1 Å². The van der Waals surface area contributed by atoms with E-state index in [1.165, 1.54) is 16.2 Å². The summed E-state index contributed by atoms with van der Waals surface area (Å²) in [5.74, 6) is 0. The van der Waals surface area contributed by atoms with Gasteiger partial charge in [-0.25, -0.2) is 13.4 Å². The number of thiophene rings is 1. The first-order valence-electron chi connectivity index (χ1n) is 8.41. The lowest BCUT2D eigenvalue weighted by molar-refractivity contribution is 0.246. The molecule has 1 aliphatic heterocycles. The number of hydrogen-bond donors (Lipinski definition) is 0. The van der Waals surface area contributed by atoms with Gasteiger partial charge in [-0.2, -0.15) is 4.31 Å². The van der Waals surface area contributed by atoms with E-state index >= 15 is 0 Å². The third kappa shape index (κ3) is 3.19. The molecule has 1 atom stereocenters. The van der Waals surface area contributed by atoms with Crippen molar-refractivity contribution in [1.82, 2.24) is 9.29 Å². The molecule has 0 amide bonds. The zero-order valence-electron chi connectivity index (χ0n) is 14.6. The second-order valence-electron chi connectivity index (χ2n) is 6.37. The monoisotopic (exact) mass is 384 g/mol. The smallest absolute Gasteiger partial charge is 0.240 e. The fourth-order valence-corrected chi connectivity index (χ4v) is 7.52. The summed E-state index contributed by atoms with van der Waals surface area (Å²) in [6.45, 7) is 8.66. The van der Waals surface area contributed by atoms with E-state index in [1.807, 2.05) is 26.8 Å². The summed E-state index contributed by atoms with van der Waals surface area (Å²) in [5, 5.41) is 0.922. The van der Waals surface area contributed by atoms with Crippen molar-refractivity contribution in [3.63, 3.8) is 0 Å². The quantitative estimate of drug-likeness (QED) is 0.764. The highest BCUT2D eigenvalue weighted by molar-refractivity contribution is 7.89. The minimum atomic E-state index is -3.42. The van der Waals surface area contributed by atoms with Gasteiger partial charge in [-0.1, -0.05) is 13.3 Å². The molecule has 132 valence electrons. The van der Waals surface area contributed by atoms with E-state index in [9.17, 15) is 8.42 Å². The Morgan fingerprint density at radius 1 is 1.21 bits per heavy atom. The maximum atomic E-state index is 13.2. The van der Waals surface area contributed by atoms with Crippen LogP contribution in [-0.2, 0) is 10.0 Å². The van der Waals surface area contributed by atoms with Crippen molar-refractivity contribution >= 4 is 32.7 Å². The number of hydrogen-bond acceptors (Lipinski definition) is 5. The molecule has 3 rings (SSSR count). The van der Waals surface area contributed by atoms with Crippen molar-refractivity contribution in [2.75, 3.05) is 6.54 Å². The lowest BCUT2D eigenvalue weighted by Gasteiger charge is -2.34. The summed E-state index contributed by atoms with van der Waals surface area (Å²) in [7, 11) is -3.42. The topological polar surface area (TPSA) is 50.3 Å². The van der Waals surface area contributed by atoms with Gasteiger partial charge in [0.05, 0.1) is 15.5 Å². The van der Waals surface area contributed by atoms with E-state index in [4.69, 9.17) is 0 Å². The molecule has 4 nitrogen and oxygen atoms in total. The Labute approximate surface area is 152 Å². The first kappa shape index (κ1) is 18.0. The molecule has 1 fully saturated rings. The van der Waals surface area contributed by atoms with Gasteiger partial charge in [0.25, 0.3) is 0 Å². The molecule has 0 bridgehead atoms. The van der Waals surface area contributed by atoms with E-state index in [0.29, 0.717) is 11.4 Å². The van der Waals surface area contributed by atoms with Gasteiger partial charge < -0.3 is 0 Å². The fraction of sp³-hybridized carbons (Fsp3) is 0.588. The molecular weight excluding hydrogens is 360 g/mol. The van der Waals surface area contributed by atoms with Crippen LogP contribution in [-0.4, -0.2) is 30.3 Å². The van der Waals surface area contributed by atoms with Crippen LogP contribution in [0.15, 0.2) is 11.0 Å². The van der Waals surface area contributed by atoms with Crippen LogP contribution in [0, 0.1) is 20.8 Å². The number of aryl methyl sites for hydroxylation is 3. The molecule has 2 aromatic heterocycles. The lowest BCUT2D eigenvalue weighted by Crippen LogP contribution is -2.43. The Bertz CT molecular complexity index is 817. The molecule has 1 saturated heterocycles. The summed E-state index contributed by atoms with van der Waals surface area (Å²) in [6, 6.07) is 1.96. The highest BCUT2D eigenvalue weighted by Crippen LogP contribution is 2.38. The van der Waals surface area contributed by atoms with Crippen LogP contribution in [0.25, 0.3) is 9.88 Å². The van der Waals surface area contributed by atoms with E-state index in [0.717, 1.165) is 46.1 Å². The first-order chi connectivity index (χ1) is 11.3. The number of nitrogens with zero attached hydrogens (tertiary/aromatic N) is 2. The highest BCUT2D eigenvalue weighted by atomic mass is 32.2. The third-order valence-electron chi connectivity index (χ3n) is 4.74. The Balaban J connectivity index is 1.99. The number of aromatic nitrogens is 1. The minimum absolute atomic E-state index is 0.135. The van der Waals surface area contributed by atoms with Crippen molar-refractivity contribution in [1.29, 1.82) is 0 Å². The van der Waals surface area contributed by atoms with Gasteiger partial charge in [-0.15, -0.1) is 22.7 Å². The third-order valence-corrected chi connectivity index (χ3v) is 9.24. The lowest BCUT2D eigenvalue weighted by atomic mass is 10.0.